The molecule has 66 heavy (non-hydrogen) atoms. The van der Waals surface area contributed by atoms with Crippen molar-refractivity contribution in [2.45, 2.75) is 32.9 Å². The number of para-hydroxylation sites is 2. The second-order valence-electron chi connectivity index (χ2n) is 14.3. The van der Waals surface area contributed by atoms with Crippen LogP contribution in [0, 0.1) is 0 Å². The summed E-state index contributed by atoms with van der Waals surface area (Å²) >= 11 is 0. The van der Waals surface area contributed by atoms with Crippen LogP contribution in [-0.2, 0) is 24.0 Å². The van der Waals surface area contributed by atoms with Crippen molar-refractivity contribution < 1.29 is 33.6 Å². The Morgan fingerprint density at radius 1 is 0.530 bits per heavy atom. The van der Waals surface area contributed by atoms with Crippen LogP contribution >= 0.6 is 0 Å². The number of nitrogens with one attached hydrogen (secondary N) is 6. The molecule has 2 unspecified atom stereocenters. The minimum atomic E-state index is -1.32. The van der Waals surface area contributed by atoms with Gasteiger partial charge in [-0.05, 0) is 99.1 Å². The Morgan fingerprint density at radius 3 is 1.56 bits per heavy atom. The molecule has 0 saturated heterocycles. The molecule has 6 aromatic rings. The van der Waals surface area contributed by atoms with E-state index in [2.05, 4.69) is 61.9 Å². The molecule has 2 atom stereocenters. The van der Waals surface area contributed by atoms with Gasteiger partial charge >= 0.3 is 5.69 Å². The number of fused-ring (bicyclic) bond motifs is 2. The van der Waals surface area contributed by atoms with Crippen molar-refractivity contribution in [3.63, 3.8) is 0 Å². The molecule has 0 spiro atoms. The molecule has 0 radical (unpaired) electrons. The Balaban J connectivity index is 0.000000170. The van der Waals surface area contributed by atoms with Gasteiger partial charge in [0.2, 0.25) is 12.1 Å². The van der Waals surface area contributed by atoms with Crippen LogP contribution in [0.25, 0.3) is 11.0 Å². The Morgan fingerprint density at radius 2 is 1.03 bits per heavy atom. The molecule has 8 rings (SSSR count). The summed E-state index contributed by atoms with van der Waals surface area (Å²) in [5, 5.41) is 33.5. The summed E-state index contributed by atoms with van der Waals surface area (Å²) in [6.45, 7) is 4.96. The number of benzene rings is 5. The first-order chi connectivity index (χ1) is 31.7. The van der Waals surface area contributed by atoms with Crippen LogP contribution < -0.4 is 27.0 Å². The van der Waals surface area contributed by atoms with Gasteiger partial charge in [-0.3, -0.25) is 38.9 Å². The van der Waals surface area contributed by atoms with E-state index in [0.717, 1.165) is 11.3 Å². The Labute approximate surface area is 374 Å². The van der Waals surface area contributed by atoms with Crippen molar-refractivity contribution in [3.8, 4) is 0 Å². The molecule has 20 heteroatoms. The average Bonchev–Trinajstić information content (AvgIpc) is 3.94. The third-order valence-corrected chi connectivity index (χ3v) is 9.30. The molecule has 0 saturated carbocycles. The lowest BCUT2D eigenvalue weighted by Gasteiger charge is -2.09. The van der Waals surface area contributed by atoms with Crippen molar-refractivity contribution in [3.05, 3.63) is 160 Å². The number of azo groups is 3. The van der Waals surface area contributed by atoms with Crippen molar-refractivity contribution >= 4 is 80.6 Å². The summed E-state index contributed by atoms with van der Waals surface area (Å²) in [6.07, 6.45) is 0. The second-order valence-corrected chi connectivity index (χ2v) is 14.3. The van der Waals surface area contributed by atoms with E-state index >= 15 is 0 Å². The molecule has 0 fully saturated rings. The fourth-order valence-corrected chi connectivity index (χ4v) is 5.96. The number of aromatic nitrogens is 2. The highest BCUT2D eigenvalue weighted by Crippen LogP contribution is 2.24. The van der Waals surface area contributed by atoms with E-state index in [4.69, 9.17) is 0 Å². The molecule has 332 valence electrons. The smallest absolute Gasteiger partial charge is 0.323 e. The predicted molar refractivity (Wildman–Crippen MR) is 242 cm³/mol. The van der Waals surface area contributed by atoms with Gasteiger partial charge in [-0.25, -0.2) is 4.79 Å². The van der Waals surface area contributed by atoms with Gasteiger partial charge in [0.05, 0.1) is 39.2 Å². The number of rotatable bonds is 12. The topological polar surface area (TPSA) is 290 Å². The maximum atomic E-state index is 12.3. The largest absolute Gasteiger partial charge is 0.347 e. The molecule has 2 aliphatic heterocycles. The van der Waals surface area contributed by atoms with Crippen molar-refractivity contribution in [2.75, 3.05) is 17.2 Å². The summed E-state index contributed by atoms with van der Waals surface area (Å²) < 4.78 is 0. The number of hydrogen-bond donors (Lipinski definition) is 6. The number of aromatic amines is 2. The maximum Gasteiger partial charge on any atom is 0.323 e. The number of carbonyl (C=O) groups is 7. The lowest BCUT2D eigenvalue weighted by atomic mass is 10.1. The van der Waals surface area contributed by atoms with Gasteiger partial charge < -0.3 is 25.9 Å². The van der Waals surface area contributed by atoms with E-state index in [9.17, 15) is 38.4 Å². The SMILES string of the molecule is CC(=O)C(N=Nc1ccc2[nH]c(=O)[nH]c2c1)C(=O)Nc1ccccc1.CC(=O)C(N=Nc1ccc2c(c1)C(=O)NC2=O)C(=O)Nc1ccccc1.CC1=C(N=Nc2ccccc2)C(=O)NC1. The number of carbonyl (C=O) groups excluding carboxylic acids is 7. The fraction of sp³-hybridized carbons (Fsp3) is 0.130. The number of H-pyrrole nitrogens is 2. The van der Waals surface area contributed by atoms with Gasteiger partial charge in [0, 0.05) is 17.9 Å². The Hall–Kier alpha value is -9.20. The highest BCUT2D eigenvalue weighted by Gasteiger charge is 2.28. The lowest BCUT2D eigenvalue weighted by Crippen LogP contribution is -2.31. The van der Waals surface area contributed by atoms with E-state index in [1.165, 1.54) is 32.0 Å². The molecule has 6 N–H and O–H groups in total. The monoisotopic (exact) mass is 888 g/mol. The van der Waals surface area contributed by atoms with Crippen LogP contribution in [0.5, 0.6) is 0 Å². The predicted octanol–water partition coefficient (Wildman–Crippen LogP) is 6.96. The lowest BCUT2D eigenvalue weighted by molar-refractivity contribution is -0.127. The Bertz CT molecular complexity index is 3000. The van der Waals surface area contributed by atoms with Crippen molar-refractivity contribution in [1.29, 1.82) is 0 Å². The first kappa shape index (κ1) is 46.3. The normalized spacial score (nSPS) is 13.9. The van der Waals surface area contributed by atoms with Gasteiger partial charge in [0.25, 0.3) is 29.5 Å². The first-order valence-corrected chi connectivity index (χ1v) is 20.0. The minimum Gasteiger partial charge on any atom is -0.347 e. The van der Waals surface area contributed by atoms with Crippen molar-refractivity contribution in [2.24, 2.45) is 30.7 Å². The highest BCUT2D eigenvalue weighted by atomic mass is 16.2. The molecular formula is C46H40N12O8. The second kappa shape index (κ2) is 21.7. The number of Topliss-reactive ketones (excluding diaryl/α,β-unsaturated/α-hetero) is 2. The van der Waals surface area contributed by atoms with Crippen LogP contribution in [0.4, 0.5) is 28.4 Å². The van der Waals surface area contributed by atoms with Gasteiger partial charge in [0.1, 0.15) is 0 Å². The molecule has 3 heterocycles. The molecular weight excluding hydrogens is 849 g/mol. The number of anilines is 2. The quantitative estimate of drug-likeness (QED) is 0.0423. The first-order valence-electron chi connectivity index (χ1n) is 20.0. The number of amides is 5. The number of ketones is 2. The third kappa shape index (κ3) is 12.5. The summed E-state index contributed by atoms with van der Waals surface area (Å²) in [5.41, 5.74) is 5.19. The van der Waals surface area contributed by atoms with E-state index in [-0.39, 0.29) is 28.4 Å². The summed E-state index contributed by atoms with van der Waals surface area (Å²) in [5.74, 6) is -3.21. The highest BCUT2D eigenvalue weighted by molar-refractivity contribution is 6.21. The van der Waals surface area contributed by atoms with Crippen LogP contribution in [-0.4, -0.2) is 69.7 Å². The minimum absolute atomic E-state index is 0.146. The number of imide groups is 1. The Kier molecular flexibility index (Phi) is 15.3. The van der Waals surface area contributed by atoms with Gasteiger partial charge in [0.15, 0.2) is 17.3 Å². The fourth-order valence-electron chi connectivity index (χ4n) is 5.96. The average molecular weight is 889 g/mol. The molecule has 2 aliphatic rings. The standard InChI is InChI=1S/C18H14N4O4.C17H15N5O3.C11H11N3O/c1-10(23)15(18(26)19-11-5-3-2-4-6-11)22-21-12-7-8-13-14(9-12)17(25)20-16(13)24;1-10(23)15(16(24)18-11-5-3-2-4-6-11)22-21-12-7-8-13-14(9-12)20-17(25)19-13;1-8-7-12-11(15)10(8)14-13-9-5-3-2-4-6-9/h2-9,15H,1H3,(H,19,26)(H,20,24,25);2-9,15H,1H3,(H,18,24)(H2,19,20,25);2-6H,7H2,1H3,(H,12,15). The number of nitrogens with zero attached hydrogens (tertiary/aromatic N) is 6. The van der Waals surface area contributed by atoms with E-state index in [1.807, 2.05) is 43.3 Å². The van der Waals surface area contributed by atoms with Gasteiger partial charge in [-0.2, -0.15) is 25.6 Å². The van der Waals surface area contributed by atoms with Crippen LogP contribution in [0.15, 0.2) is 174 Å². The molecule has 0 bridgehead atoms. The zero-order valence-corrected chi connectivity index (χ0v) is 35.4. The van der Waals surface area contributed by atoms with Gasteiger partial charge in [-0.15, -0.1) is 5.11 Å². The van der Waals surface area contributed by atoms with E-state index in [1.54, 1.807) is 72.8 Å². The zero-order chi connectivity index (χ0) is 47.2. The molecule has 5 aromatic carbocycles. The number of imidazole rings is 1. The summed E-state index contributed by atoms with van der Waals surface area (Å²) in [4.78, 5) is 99.0. The van der Waals surface area contributed by atoms with Crippen LogP contribution in [0.3, 0.4) is 0 Å². The molecule has 1 aromatic heterocycles. The van der Waals surface area contributed by atoms with E-state index in [0.29, 0.717) is 40.3 Å². The summed E-state index contributed by atoms with van der Waals surface area (Å²) in [6, 6.07) is 33.4. The molecule has 0 aliphatic carbocycles. The van der Waals surface area contributed by atoms with Crippen LogP contribution in [0.1, 0.15) is 41.5 Å². The van der Waals surface area contributed by atoms with E-state index < -0.39 is 47.3 Å². The zero-order valence-electron chi connectivity index (χ0n) is 35.4. The van der Waals surface area contributed by atoms with Crippen molar-refractivity contribution in [1.82, 2.24) is 20.6 Å². The van der Waals surface area contributed by atoms with Crippen LogP contribution in [0.2, 0.25) is 0 Å². The summed E-state index contributed by atoms with van der Waals surface area (Å²) in [7, 11) is 0. The maximum absolute atomic E-state index is 12.3. The number of hydrogen-bond acceptors (Lipinski definition) is 14. The van der Waals surface area contributed by atoms with Gasteiger partial charge in [-0.1, -0.05) is 54.6 Å². The third-order valence-electron chi connectivity index (χ3n) is 9.30. The molecule has 20 nitrogen and oxygen atoms in total. The molecule has 5 amide bonds.